The van der Waals surface area contributed by atoms with Crippen LogP contribution >= 0.6 is 0 Å². The molecule has 2 N–H and O–H groups in total. The van der Waals surface area contributed by atoms with E-state index in [1.807, 2.05) is 6.92 Å². The number of nitrogens with zero attached hydrogens (tertiary/aromatic N) is 1. The number of nitrogens with one attached hydrogen (secondary N) is 2. The summed E-state index contributed by atoms with van der Waals surface area (Å²) in [6.07, 6.45) is -2.46. The largest absolute Gasteiger partial charge is 0.416 e. The first-order valence-electron chi connectivity index (χ1n) is 8.25. The highest BCUT2D eigenvalue weighted by Gasteiger charge is 2.30. The van der Waals surface area contributed by atoms with E-state index in [0.717, 1.165) is 12.1 Å². The molecule has 0 aliphatic heterocycles. The molecule has 5 nitrogen and oxygen atoms in total. The molecule has 0 spiro atoms. The third-order valence-corrected chi connectivity index (χ3v) is 4.27. The highest BCUT2D eigenvalue weighted by molar-refractivity contribution is 6.01. The average molecular weight is 375 g/mol. The quantitative estimate of drug-likeness (QED) is 0.734. The number of aromatic amines is 1. The fraction of sp³-hybridized carbons (Fsp3) is 0.211. The lowest BCUT2D eigenvalue weighted by atomic mass is 9.98. The van der Waals surface area contributed by atoms with Crippen LogP contribution in [0, 0.1) is 0 Å². The number of hydrogen-bond acceptors (Lipinski definition) is 3. The van der Waals surface area contributed by atoms with Gasteiger partial charge in [-0.15, -0.1) is 0 Å². The van der Waals surface area contributed by atoms with Crippen LogP contribution in [0.25, 0.3) is 10.8 Å². The topological polar surface area (TPSA) is 74.8 Å². The maximum atomic E-state index is 12.8. The Labute approximate surface area is 152 Å². The maximum Gasteiger partial charge on any atom is 0.416 e. The van der Waals surface area contributed by atoms with Crippen LogP contribution in [0.5, 0.6) is 0 Å². The first-order chi connectivity index (χ1) is 12.8. The predicted molar refractivity (Wildman–Crippen MR) is 94.4 cm³/mol. The zero-order chi connectivity index (χ0) is 19.6. The fourth-order valence-electron chi connectivity index (χ4n) is 2.95. The van der Waals surface area contributed by atoms with Crippen molar-refractivity contribution >= 4 is 16.7 Å². The van der Waals surface area contributed by atoms with Gasteiger partial charge in [-0.3, -0.25) is 9.59 Å². The highest BCUT2D eigenvalue weighted by atomic mass is 19.4. The van der Waals surface area contributed by atoms with Crippen molar-refractivity contribution in [3.63, 3.8) is 0 Å². The van der Waals surface area contributed by atoms with Gasteiger partial charge in [-0.2, -0.15) is 18.3 Å². The van der Waals surface area contributed by atoms with E-state index in [0.29, 0.717) is 33.9 Å². The van der Waals surface area contributed by atoms with Gasteiger partial charge in [0, 0.05) is 17.5 Å². The van der Waals surface area contributed by atoms with Crippen molar-refractivity contribution in [2.75, 3.05) is 0 Å². The van der Waals surface area contributed by atoms with E-state index in [-0.39, 0.29) is 12.1 Å². The predicted octanol–water partition coefficient (Wildman–Crippen LogP) is 3.43. The molecule has 1 heterocycles. The number of rotatable bonds is 4. The van der Waals surface area contributed by atoms with Crippen molar-refractivity contribution in [2.45, 2.75) is 26.1 Å². The second kappa shape index (κ2) is 7.22. The van der Waals surface area contributed by atoms with Gasteiger partial charge in [0.05, 0.1) is 17.1 Å². The Balaban J connectivity index is 1.86. The lowest BCUT2D eigenvalue weighted by Gasteiger charge is -2.12. The molecule has 0 radical (unpaired) electrons. The summed E-state index contributed by atoms with van der Waals surface area (Å²) < 4.78 is 38.4. The van der Waals surface area contributed by atoms with Gasteiger partial charge in [0.15, 0.2) is 0 Å². The molecule has 2 aromatic carbocycles. The minimum Gasteiger partial charge on any atom is -0.348 e. The molecule has 3 aromatic rings. The van der Waals surface area contributed by atoms with Gasteiger partial charge >= 0.3 is 6.18 Å². The van der Waals surface area contributed by atoms with Gasteiger partial charge < -0.3 is 5.32 Å². The Morgan fingerprint density at radius 3 is 2.67 bits per heavy atom. The zero-order valence-electron chi connectivity index (χ0n) is 14.4. The average Bonchev–Trinajstić information content (AvgIpc) is 2.65. The summed E-state index contributed by atoms with van der Waals surface area (Å²) in [5.74, 6) is -0.425. The Kier molecular flexibility index (Phi) is 4.98. The molecule has 0 fully saturated rings. The molecule has 0 saturated carbocycles. The Bertz CT molecular complexity index is 1060. The molecule has 0 saturated heterocycles. The molecule has 0 atom stereocenters. The molecule has 1 amide bonds. The van der Waals surface area contributed by atoms with Crippen LogP contribution in [-0.2, 0) is 19.1 Å². The van der Waals surface area contributed by atoms with Crippen molar-refractivity contribution in [1.82, 2.24) is 15.5 Å². The number of carbonyl (C=O) groups excluding carboxylic acids is 1. The fourth-order valence-corrected chi connectivity index (χ4v) is 2.95. The zero-order valence-corrected chi connectivity index (χ0v) is 14.4. The number of carbonyl (C=O) groups is 1. The van der Waals surface area contributed by atoms with Gasteiger partial charge in [0.25, 0.3) is 11.5 Å². The van der Waals surface area contributed by atoms with Gasteiger partial charge in [-0.1, -0.05) is 19.1 Å². The summed E-state index contributed by atoms with van der Waals surface area (Å²) in [7, 11) is 0. The van der Waals surface area contributed by atoms with Crippen LogP contribution in [0.4, 0.5) is 13.2 Å². The van der Waals surface area contributed by atoms with E-state index >= 15 is 0 Å². The smallest absolute Gasteiger partial charge is 0.348 e. The van der Waals surface area contributed by atoms with Crippen molar-refractivity contribution in [2.24, 2.45) is 0 Å². The third kappa shape index (κ3) is 3.84. The van der Waals surface area contributed by atoms with E-state index in [1.165, 1.54) is 30.5 Å². The van der Waals surface area contributed by atoms with E-state index in [4.69, 9.17) is 0 Å². The van der Waals surface area contributed by atoms with Crippen LogP contribution in [-0.4, -0.2) is 16.1 Å². The number of fused-ring (bicyclic) bond motifs is 1. The molecule has 27 heavy (non-hydrogen) atoms. The number of aromatic nitrogens is 2. The minimum atomic E-state index is -4.44. The van der Waals surface area contributed by atoms with Crippen molar-refractivity contribution in [1.29, 1.82) is 0 Å². The second-order valence-corrected chi connectivity index (χ2v) is 5.99. The Morgan fingerprint density at radius 2 is 1.96 bits per heavy atom. The lowest BCUT2D eigenvalue weighted by molar-refractivity contribution is -0.137. The SMILES string of the molecule is CCc1c(C(=O)NCc2cccc(C(F)(F)F)c2)ccc2c(=O)[nH]ncc12. The second-order valence-electron chi connectivity index (χ2n) is 5.99. The molecular weight excluding hydrogens is 359 g/mol. The normalized spacial score (nSPS) is 11.6. The molecular formula is C19H16F3N3O2. The maximum absolute atomic E-state index is 12.8. The molecule has 8 heteroatoms. The summed E-state index contributed by atoms with van der Waals surface area (Å²) >= 11 is 0. The molecule has 0 bridgehead atoms. The van der Waals surface area contributed by atoms with Crippen LogP contribution in [0.2, 0.25) is 0 Å². The summed E-state index contributed by atoms with van der Waals surface area (Å²) in [5, 5.41) is 9.75. The standard InChI is InChI=1S/C19H16F3N3O2/c1-2-13-14(6-7-15-16(13)10-24-25-18(15)27)17(26)23-9-11-4-3-5-12(8-11)19(20,21)22/h3-8,10H,2,9H2,1H3,(H,23,26)(H,25,27). The first kappa shape index (κ1) is 18.6. The number of halogens is 3. The van der Waals surface area contributed by atoms with Crippen molar-refractivity contribution in [3.05, 3.63) is 75.2 Å². The summed E-state index contributed by atoms with van der Waals surface area (Å²) in [4.78, 5) is 24.4. The van der Waals surface area contributed by atoms with E-state index in [9.17, 15) is 22.8 Å². The number of H-pyrrole nitrogens is 1. The van der Waals surface area contributed by atoms with E-state index < -0.39 is 17.6 Å². The molecule has 0 unspecified atom stereocenters. The molecule has 0 aliphatic rings. The number of aryl methyl sites for hydroxylation is 1. The monoisotopic (exact) mass is 375 g/mol. The van der Waals surface area contributed by atoms with Crippen LogP contribution in [0.1, 0.15) is 34.0 Å². The summed E-state index contributed by atoms with van der Waals surface area (Å²) in [5.41, 5.74) is 0.254. The van der Waals surface area contributed by atoms with E-state index in [1.54, 1.807) is 0 Å². The molecule has 3 rings (SSSR count). The van der Waals surface area contributed by atoms with Crippen LogP contribution < -0.4 is 10.9 Å². The number of alkyl halides is 3. The first-order valence-corrected chi connectivity index (χ1v) is 8.25. The van der Waals surface area contributed by atoms with Gasteiger partial charge in [0.2, 0.25) is 0 Å². The lowest BCUT2D eigenvalue weighted by Crippen LogP contribution is -2.24. The van der Waals surface area contributed by atoms with Crippen LogP contribution in [0.3, 0.4) is 0 Å². The third-order valence-electron chi connectivity index (χ3n) is 4.27. The molecule has 1 aromatic heterocycles. The van der Waals surface area contributed by atoms with Crippen LogP contribution in [0.15, 0.2) is 47.4 Å². The minimum absolute atomic E-state index is 0.0441. The van der Waals surface area contributed by atoms with Crippen molar-refractivity contribution in [3.8, 4) is 0 Å². The summed E-state index contributed by atoms with van der Waals surface area (Å²) in [6, 6.07) is 7.88. The highest BCUT2D eigenvalue weighted by Crippen LogP contribution is 2.29. The van der Waals surface area contributed by atoms with Gasteiger partial charge in [-0.25, -0.2) is 5.10 Å². The number of benzene rings is 2. The number of hydrogen-bond donors (Lipinski definition) is 2. The van der Waals surface area contributed by atoms with E-state index in [2.05, 4.69) is 15.5 Å². The van der Waals surface area contributed by atoms with Gasteiger partial charge in [0.1, 0.15) is 0 Å². The number of amides is 1. The molecule has 0 aliphatic carbocycles. The Hall–Kier alpha value is -3.16. The molecule has 140 valence electrons. The van der Waals surface area contributed by atoms with Gasteiger partial charge in [-0.05, 0) is 41.8 Å². The van der Waals surface area contributed by atoms with Crippen molar-refractivity contribution < 1.29 is 18.0 Å². The summed E-state index contributed by atoms with van der Waals surface area (Å²) in [6.45, 7) is 1.80. The Morgan fingerprint density at radius 1 is 1.19 bits per heavy atom.